The molecular formula is C20H32N3O3S+. The highest BCUT2D eigenvalue weighted by Gasteiger charge is 2.32. The zero-order valence-electron chi connectivity index (χ0n) is 16.4. The van der Waals surface area contributed by atoms with Crippen LogP contribution in [-0.2, 0) is 14.8 Å². The van der Waals surface area contributed by atoms with Crippen LogP contribution in [0.2, 0.25) is 0 Å². The van der Waals surface area contributed by atoms with E-state index in [0.717, 1.165) is 11.3 Å². The molecule has 0 bridgehead atoms. The third-order valence-corrected chi connectivity index (χ3v) is 8.19. The lowest BCUT2D eigenvalue weighted by Gasteiger charge is -2.35. The molecule has 1 heterocycles. The molecule has 1 saturated heterocycles. The van der Waals surface area contributed by atoms with Crippen LogP contribution in [0.1, 0.15) is 33.1 Å². The maximum Gasteiger partial charge on any atom is 0.275 e. The van der Waals surface area contributed by atoms with Gasteiger partial charge < -0.3 is 10.2 Å². The van der Waals surface area contributed by atoms with E-state index in [2.05, 4.69) is 19.2 Å². The summed E-state index contributed by atoms with van der Waals surface area (Å²) in [6, 6.07) is 8.84. The van der Waals surface area contributed by atoms with Crippen molar-refractivity contribution in [2.45, 2.75) is 44.0 Å². The lowest BCUT2D eigenvalue weighted by atomic mass is 9.78. The molecule has 150 valence electrons. The van der Waals surface area contributed by atoms with E-state index in [4.69, 9.17) is 0 Å². The van der Waals surface area contributed by atoms with Gasteiger partial charge >= 0.3 is 0 Å². The third kappa shape index (κ3) is 4.89. The monoisotopic (exact) mass is 394 g/mol. The summed E-state index contributed by atoms with van der Waals surface area (Å²) in [6.45, 7) is 7.16. The number of amides is 1. The van der Waals surface area contributed by atoms with Gasteiger partial charge in [-0.25, -0.2) is 8.42 Å². The molecule has 0 radical (unpaired) electrons. The summed E-state index contributed by atoms with van der Waals surface area (Å²) < 4.78 is 26.9. The van der Waals surface area contributed by atoms with Gasteiger partial charge in [-0.05, 0) is 30.4 Å². The van der Waals surface area contributed by atoms with Gasteiger partial charge in [-0.1, -0.05) is 44.9 Å². The average Bonchev–Trinajstić information content (AvgIpc) is 2.66. The fourth-order valence-electron chi connectivity index (χ4n) is 4.23. The predicted octanol–water partition coefficient (Wildman–Crippen LogP) is 0.517. The Balaban J connectivity index is 1.49. The molecule has 0 spiro atoms. The second kappa shape index (κ2) is 8.71. The molecule has 2 N–H and O–H groups in total. The summed E-state index contributed by atoms with van der Waals surface area (Å²) in [5, 5.41) is 3.22. The van der Waals surface area contributed by atoms with E-state index in [9.17, 15) is 13.2 Å². The number of nitrogens with one attached hydrogen (secondary N) is 2. The van der Waals surface area contributed by atoms with Crippen molar-refractivity contribution in [3.8, 4) is 0 Å². The van der Waals surface area contributed by atoms with Crippen molar-refractivity contribution in [2.24, 2.45) is 11.8 Å². The van der Waals surface area contributed by atoms with Gasteiger partial charge in [-0.3, -0.25) is 4.79 Å². The highest BCUT2D eigenvalue weighted by molar-refractivity contribution is 7.89. The first-order chi connectivity index (χ1) is 12.9. The highest BCUT2D eigenvalue weighted by Crippen LogP contribution is 2.29. The van der Waals surface area contributed by atoms with E-state index in [0.29, 0.717) is 49.5 Å². The molecule has 1 aromatic carbocycles. The fraction of sp³-hybridized carbons (Fsp3) is 0.650. The van der Waals surface area contributed by atoms with E-state index >= 15 is 0 Å². The summed E-state index contributed by atoms with van der Waals surface area (Å²) in [5.41, 5.74) is 0. The maximum atomic E-state index is 12.7. The zero-order valence-corrected chi connectivity index (χ0v) is 17.2. The molecule has 3 rings (SSSR count). The minimum absolute atomic E-state index is 0.0929. The number of hydrogen-bond donors (Lipinski definition) is 2. The van der Waals surface area contributed by atoms with Crippen molar-refractivity contribution in [2.75, 3.05) is 32.7 Å². The molecular weight excluding hydrogens is 362 g/mol. The summed E-state index contributed by atoms with van der Waals surface area (Å²) in [5.74, 6) is 1.27. The van der Waals surface area contributed by atoms with Crippen molar-refractivity contribution in [1.82, 2.24) is 9.62 Å². The lowest BCUT2D eigenvalue weighted by molar-refractivity contribution is -0.895. The Morgan fingerprint density at radius 2 is 1.81 bits per heavy atom. The minimum Gasteiger partial charge on any atom is -0.348 e. The van der Waals surface area contributed by atoms with Crippen molar-refractivity contribution in [3.05, 3.63) is 30.3 Å². The number of rotatable bonds is 5. The molecule has 1 aromatic rings. The molecule has 1 aliphatic carbocycles. The number of nitrogens with zero attached hydrogens (tertiary/aromatic N) is 1. The van der Waals surface area contributed by atoms with Crippen LogP contribution in [-0.4, -0.2) is 57.4 Å². The second-order valence-corrected chi connectivity index (χ2v) is 10.0. The Morgan fingerprint density at radius 1 is 1.15 bits per heavy atom. The first kappa shape index (κ1) is 20.3. The van der Waals surface area contributed by atoms with Crippen molar-refractivity contribution in [3.63, 3.8) is 0 Å². The SMILES string of the molecule is C[C@@H]1[C@@H](C)CCC[C@H]1NC(=O)C[NH+]1CCN(S(=O)(=O)c2ccccc2)CC1. The van der Waals surface area contributed by atoms with Crippen LogP contribution in [0.25, 0.3) is 0 Å². The molecule has 6 nitrogen and oxygen atoms in total. The van der Waals surface area contributed by atoms with Gasteiger partial charge in [0.1, 0.15) is 0 Å². The van der Waals surface area contributed by atoms with Crippen LogP contribution >= 0.6 is 0 Å². The number of hydrogen-bond acceptors (Lipinski definition) is 3. The quantitative estimate of drug-likeness (QED) is 0.765. The molecule has 1 amide bonds. The first-order valence-electron chi connectivity index (χ1n) is 10.1. The van der Waals surface area contributed by atoms with E-state index in [-0.39, 0.29) is 11.9 Å². The molecule has 1 aliphatic heterocycles. The average molecular weight is 395 g/mol. The number of carbonyl (C=O) groups is 1. The van der Waals surface area contributed by atoms with Crippen LogP contribution in [0.15, 0.2) is 35.2 Å². The largest absolute Gasteiger partial charge is 0.348 e. The fourth-order valence-corrected chi connectivity index (χ4v) is 5.69. The Bertz CT molecular complexity index is 730. The van der Waals surface area contributed by atoms with Gasteiger partial charge in [0, 0.05) is 6.04 Å². The van der Waals surface area contributed by atoms with Crippen LogP contribution < -0.4 is 10.2 Å². The normalized spacial score (nSPS) is 28.0. The van der Waals surface area contributed by atoms with E-state index in [1.807, 2.05) is 6.07 Å². The van der Waals surface area contributed by atoms with Crippen LogP contribution in [0.3, 0.4) is 0 Å². The topological polar surface area (TPSA) is 70.9 Å². The summed E-state index contributed by atoms with van der Waals surface area (Å²) in [4.78, 5) is 14.0. The number of carbonyl (C=O) groups excluding carboxylic acids is 1. The Labute approximate surface area is 163 Å². The molecule has 27 heavy (non-hydrogen) atoms. The van der Waals surface area contributed by atoms with Gasteiger partial charge in [0.15, 0.2) is 6.54 Å². The Morgan fingerprint density at radius 3 is 2.48 bits per heavy atom. The molecule has 1 saturated carbocycles. The minimum atomic E-state index is -3.43. The summed E-state index contributed by atoms with van der Waals surface area (Å²) in [6.07, 6.45) is 3.49. The van der Waals surface area contributed by atoms with E-state index in [1.165, 1.54) is 17.1 Å². The molecule has 7 heteroatoms. The number of benzene rings is 1. The van der Waals surface area contributed by atoms with Crippen molar-refractivity contribution >= 4 is 15.9 Å². The smallest absolute Gasteiger partial charge is 0.275 e. The maximum absolute atomic E-state index is 12.7. The standard InChI is InChI=1S/C20H31N3O3S/c1-16-7-6-10-19(17(16)2)21-20(24)15-22-11-13-23(14-12-22)27(25,26)18-8-4-3-5-9-18/h3-5,8-9,16-17,19H,6-7,10-15H2,1-2H3,(H,21,24)/p+1/t16-,17+,19+/m0/s1. The highest BCUT2D eigenvalue weighted by atomic mass is 32.2. The van der Waals surface area contributed by atoms with Gasteiger partial charge in [0.05, 0.1) is 31.1 Å². The number of quaternary nitrogens is 1. The van der Waals surface area contributed by atoms with Gasteiger partial charge in [-0.15, -0.1) is 0 Å². The summed E-state index contributed by atoms with van der Waals surface area (Å²) >= 11 is 0. The second-order valence-electron chi connectivity index (χ2n) is 8.09. The molecule has 3 atom stereocenters. The van der Waals surface area contributed by atoms with Crippen LogP contribution in [0.4, 0.5) is 0 Å². The Kier molecular flexibility index (Phi) is 6.55. The number of piperazine rings is 1. The van der Waals surface area contributed by atoms with Gasteiger partial charge in [-0.2, -0.15) is 4.31 Å². The van der Waals surface area contributed by atoms with Crippen molar-refractivity contribution in [1.29, 1.82) is 0 Å². The van der Waals surface area contributed by atoms with Crippen LogP contribution in [0.5, 0.6) is 0 Å². The first-order valence-corrected chi connectivity index (χ1v) is 11.5. The third-order valence-electron chi connectivity index (χ3n) is 6.27. The van der Waals surface area contributed by atoms with E-state index < -0.39 is 10.0 Å². The molecule has 2 fully saturated rings. The number of sulfonamides is 1. The molecule has 0 aromatic heterocycles. The van der Waals surface area contributed by atoms with Gasteiger partial charge in [0.2, 0.25) is 10.0 Å². The molecule has 0 unspecified atom stereocenters. The van der Waals surface area contributed by atoms with Gasteiger partial charge in [0.25, 0.3) is 5.91 Å². The van der Waals surface area contributed by atoms with E-state index in [1.54, 1.807) is 24.3 Å². The lowest BCUT2D eigenvalue weighted by Crippen LogP contribution is -3.15. The van der Waals surface area contributed by atoms with Crippen LogP contribution in [0, 0.1) is 11.8 Å². The molecule has 2 aliphatic rings. The van der Waals surface area contributed by atoms with Crippen molar-refractivity contribution < 1.29 is 18.1 Å². The Hall–Kier alpha value is -1.44. The summed E-state index contributed by atoms with van der Waals surface area (Å²) in [7, 11) is -3.43. The zero-order chi connectivity index (χ0) is 19.4. The predicted molar refractivity (Wildman–Crippen MR) is 105 cm³/mol.